The molecule has 98 valence electrons. The second-order valence-electron chi connectivity index (χ2n) is 5.45. The zero-order valence-corrected chi connectivity index (χ0v) is 11.1. The van der Waals surface area contributed by atoms with Gasteiger partial charge in [0.1, 0.15) is 0 Å². The van der Waals surface area contributed by atoms with E-state index in [1.165, 1.54) is 0 Å². The number of amides is 1. The molecule has 0 aliphatic carbocycles. The van der Waals surface area contributed by atoms with Gasteiger partial charge in [0, 0.05) is 39.2 Å². The third-order valence-electron chi connectivity index (χ3n) is 4.42. The molecular weight excluding hydrogens is 216 g/mol. The highest BCUT2D eigenvalue weighted by molar-refractivity contribution is 5.77. The van der Waals surface area contributed by atoms with Crippen LogP contribution in [0.4, 0.5) is 0 Å². The predicted molar refractivity (Wildman–Crippen MR) is 66.7 cm³/mol. The summed E-state index contributed by atoms with van der Waals surface area (Å²) in [5.74, 6) is 1.64. The van der Waals surface area contributed by atoms with Crippen LogP contribution >= 0.6 is 0 Å². The maximum absolute atomic E-state index is 12.2. The highest BCUT2D eigenvalue weighted by Gasteiger charge is 2.43. The maximum atomic E-state index is 12.2. The Hall–Kier alpha value is -0.610. The van der Waals surface area contributed by atoms with E-state index in [1.807, 2.05) is 6.92 Å². The Morgan fingerprint density at radius 3 is 2.94 bits per heavy atom. The van der Waals surface area contributed by atoms with Gasteiger partial charge >= 0.3 is 0 Å². The molecular formula is C13H24N2O2. The molecule has 2 fully saturated rings. The van der Waals surface area contributed by atoms with E-state index in [1.54, 1.807) is 7.11 Å². The van der Waals surface area contributed by atoms with E-state index >= 15 is 0 Å². The summed E-state index contributed by atoms with van der Waals surface area (Å²) in [6, 6.07) is 0.403. The molecule has 0 saturated carbocycles. The molecule has 4 nitrogen and oxygen atoms in total. The molecule has 2 saturated heterocycles. The summed E-state index contributed by atoms with van der Waals surface area (Å²) in [5, 5.41) is 3.42. The zero-order chi connectivity index (χ0) is 12.4. The van der Waals surface area contributed by atoms with E-state index in [2.05, 4.69) is 17.1 Å². The van der Waals surface area contributed by atoms with Gasteiger partial charge in [-0.25, -0.2) is 0 Å². The van der Waals surface area contributed by atoms with Gasteiger partial charge in [0.2, 0.25) is 5.91 Å². The number of hydrogen-bond acceptors (Lipinski definition) is 3. The Labute approximate surface area is 104 Å². The van der Waals surface area contributed by atoms with Crippen LogP contribution in [0.5, 0.6) is 0 Å². The topological polar surface area (TPSA) is 41.6 Å². The molecule has 4 heteroatoms. The Bertz CT molecular complexity index is 283. The average molecular weight is 240 g/mol. The van der Waals surface area contributed by atoms with Crippen LogP contribution in [0.1, 0.15) is 26.7 Å². The lowest BCUT2D eigenvalue weighted by Crippen LogP contribution is -2.38. The lowest BCUT2D eigenvalue weighted by Gasteiger charge is -2.25. The van der Waals surface area contributed by atoms with Gasteiger partial charge in [0.05, 0.1) is 6.10 Å². The number of likely N-dealkylation sites (tertiary alicyclic amines) is 1. The molecule has 0 radical (unpaired) electrons. The first-order valence-corrected chi connectivity index (χ1v) is 6.66. The summed E-state index contributed by atoms with van der Waals surface area (Å²) in [6.07, 6.45) is 1.62. The molecule has 2 heterocycles. The van der Waals surface area contributed by atoms with E-state index in [-0.39, 0.29) is 6.10 Å². The van der Waals surface area contributed by atoms with Gasteiger partial charge < -0.3 is 15.0 Å². The molecule has 1 amide bonds. The Kier molecular flexibility index (Phi) is 4.05. The highest BCUT2D eigenvalue weighted by Crippen LogP contribution is 2.32. The second-order valence-corrected chi connectivity index (χ2v) is 5.45. The van der Waals surface area contributed by atoms with E-state index < -0.39 is 0 Å². The van der Waals surface area contributed by atoms with Crippen molar-refractivity contribution in [1.82, 2.24) is 10.2 Å². The monoisotopic (exact) mass is 240 g/mol. The van der Waals surface area contributed by atoms with Crippen molar-refractivity contribution in [2.45, 2.75) is 38.8 Å². The number of fused-ring (bicyclic) bond motifs is 1. The van der Waals surface area contributed by atoms with Gasteiger partial charge in [-0.3, -0.25) is 4.79 Å². The lowest BCUT2D eigenvalue weighted by atomic mass is 9.95. The number of ether oxygens (including phenoxy) is 1. The number of carbonyl (C=O) groups excluding carboxylic acids is 1. The SMILES string of the molecule is COC(C)CCC(=O)N1CC2CNCC2C1C. The highest BCUT2D eigenvalue weighted by atomic mass is 16.5. The van der Waals surface area contributed by atoms with Crippen molar-refractivity contribution in [3.8, 4) is 0 Å². The molecule has 0 aromatic carbocycles. The summed E-state index contributed by atoms with van der Waals surface area (Å²) < 4.78 is 5.18. The Balaban J connectivity index is 1.84. The van der Waals surface area contributed by atoms with Crippen molar-refractivity contribution in [3.63, 3.8) is 0 Å². The fourth-order valence-electron chi connectivity index (χ4n) is 3.09. The van der Waals surface area contributed by atoms with Crippen molar-refractivity contribution >= 4 is 5.91 Å². The Morgan fingerprint density at radius 1 is 1.53 bits per heavy atom. The normalized spacial score (nSPS) is 33.8. The zero-order valence-electron chi connectivity index (χ0n) is 11.1. The summed E-state index contributed by atoms with van der Waals surface area (Å²) in [4.78, 5) is 14.2. The van der Waals surface area contributed by atoms with Gasteiger partial charge in [0.15, 0.2) is 0 Å². The van der Waals surface area contributed by atoms with Crippen molar-refractivity contribution in [1.29, 1.82) is 0 Å². The molecule has 1 N–H and O–H groups in total. The minimum absolute atomic E-state index is 0.179. The van der Waals surface area contributed by atoms with E-state index in [0.29, 0.717) is 30.2 Å². The number of methoxy groups -OCH3 is 1. The van der Waals surface area contributed by atoms with Crippen LogP contribution in [0.25, 0.3) is 0 Å². The minimum Gasteiger partial charge on any atom is -0.382 e. The first kappa shape index (κ1) is 12.8. The van der Waals surface area contributed by atoms with Crippen molar-refractivity contribution < 1.29 is 9.53 Å². The van der Waals surface area contributed by atoms with Crippen molar-refractivity contribution in [3.05, 3.63) is 0 Å². The Morgan fingerprint density at radius 2 is 2.29 bits per heavy atom. The quantitative estimate of drug-likeness (QED) is 0.793. The van der Waals surface area contributed by atoms with E-state index in [0.717, 1.165) is 26.1 Å². The molecule has 4 unspecified atom stereocenters. The van der Waals surface area contributed by atoms with Crippen LogP contribution in [0.3, 0.4) is 0 Å². The van der Waals surface area contributed by atoms with E-state index in [9.17, 15) is 4.79 Å². The van der Waals surface area contributed by atoms with Crippen LogP contribution in [-0.4, -0.2) is 49.7 Å². The number of hydrogen-bond donors (Lipinski definition) is 1. The van der Waals surface area contributed by atoms with E-state index in [4.69, 9.17) is 4.74 Å². The molecule has 0 aromatic heterocycles. The van der Waals surface area contributed by atoms with Crippen LogP contribution in [0, 0.1) is 11.8 Å². The van der Waals surface area contributed by atoms with Crippen LogP contribution in [0.15, 0.2) is 0 Å². The fraction of sp³-hybridized carbons (Fsp3) is 0.923. The molecule has 2 aliphatic rings. The van der Waals surface area contributed by atoms with Gasteiger partial charge in [-0.2, -0.15) is 0 Å². The third-order valence-corrected chi connectivity index (χ3v) is 4.42. The number of nitrogens with one attached hydrogen (secondary N) is 1. The minimum atomic E-state index is 0.179. The largest absolute Gasteiger partial charge is 0.382 e. The first-order chi connectivity index (χ1) is 8.13. The van der Waals surface area contributed by atoms with Crippen molar-refractivity contribution in [2.75, 3.05) is 26.7 Å². The maximum Gasteiger partial charge on any atom is 0.222 e. The molecule has 0 aromatic rings. The molecule has 17 heavy (non-hydrogen) atoms. The molecule has 2 aliphatic heterocycles. The lowest BCUT2D eigenvalue weighted by molar-refractivity contribution is -0.132. The van der Waals surface area contributed by atoms with Crippen LogP contribution in [0.2, 0.25) is 0 Å². The van der Waals surface area contributed by atoms with Gasteiger partial charge in [0.25, 0.3) is 0 Å². The summed E-state index contributed by atoms with van der Waals surface area (Å²) in [5.41, 5.74) is 0. The summed E-state index contributed by atoms with van der Waals surface area (Å²) in [7, 11) is 1.70. The van der Waals surface area contributed by atoms with Crippen LogP contribution < -0.4 is 5.32 Å². The van der Waals surface area contributed by atoms with Gasteiger partial charge in [-0.05, 0) is 32.1 Å². The second kappa shape index (κ2) is 5.36. The molecule has 0 spiro atoms. The third kappa shape index (κ3) is 2.63. The predicted octanol–water partition coefficient (Wildman–Crippen LogP) is 0.868. The average Bonchev–Trinajstić information content (AvgIpc) is 2.89. The number of carbonyl (C=O) groups is 1. The van der Waals surface area contributed by atoms with Crippen LogP contribution in [-0.2, 0) is 9.53 Å². The number of rotatable bonds is 4. The molecule has 4 atom stereocenters. The molecule has 0 bridgehead atoms. The van der Waals surface area contributed by atoms with Crippen molar-refractivity contribution in [2.24, 2.45) is 11.8 Å². The van der Waals surface area contributed by atoms with Gasteiger partial charge in [-0.15, -0.1) is 0 Å². The fourth-order valence-corrected chi connectivity index (χ4v) is 3.09. The first-order valence-electron chi connectivity index (χ1n) is 6.66. The molecule has 2 rings (SSSR count). The number of nitrogens with zero attached hydrogens (tertiary/aromatic N) is 1. The summed E-state index contributed by atoms with van der Waals surface area (Å²) >= 11 is 0. The summed E-state index contributed by atoms with van der Waals surface area (Å²) in [6.45, 7) is 7.30. The standard InChI is InChI=1S/C13H24N2O2/c1-9(17-3)4-5-13(16)15-8-11-6-14-7-12(11)10(15)2/h9-12,14H,4-8H2,1-3H3. The van der Waals surface area contributed by atoms with Gasteiger partial charge in [-0.1, -0.05) is 0 Å². The smallest absolute Gasteiger partial charge is 0.222 e.